The van der Waals surface area contributed by atoms with E-state index in [4.69, 9.17) is 20.1 Å². The third kappa shape index (κ3) is 2.60. The largest absolute Gasteiger partial charge is 0.398 e. The zero-order chi connectivity index (χ0) is 12.7. The van der Waals surface area contributed by atoms with E-state index in [1.165, 1.54) is 6.92 Å². The molecule has 0 aliphatic rings. The summed E-state index contributed by atoms with van der Waals surface area (Å²) >= 11 is 0. The average Bonchev–Trinajstić information content (AvgIpc) is 2.05. The molecular weight excluding hydrogens is 257 g/mol. The Kier molecular flexibility index (Phi) is 3.15. The van der Waals surface area contributed by atoms with E-state index < -0.39 is 27.9 Å². The second-order valence-corrected chi connectivity index (χ2v) is 6.16. The fraction of sp³-hybridized carbons (Fsp3) is 0.143. The lowest BCUT2D eigenvalue weighted by atomic mass is 10.2. The van der Waals surface area contributed by atoms with Crippen LogP contribution in [0, 0.1) is 6.92 Å². The first-order valence-corrected chi connectivity index (χ1v) is 7.02. The second-order valence-electron chi connectivity index (χ2n) is 3.20. The Balaban J connectivity index is 3.73. The Morgan fingerprint density at radius 1 is 1.31 bits per heavy atom. The van der Waals surface area contributed by atoms with Gasteiger partial charge in [0.2, 0.25) is 0 Å². The Bertz CT molecular complexity index is 575. The maximum Gasteiger partial charge on any atom is 0.357 e. The number of nitrogen functional groups attached to an aromatic ring is 1. The van der Waals surface area contributed by atoms with Gasteiger partial charge in [0, 0.05) is 5.69 Å². The highest BCUT2D eigenvalue weighted by Crippen LogP contribution is 2.37. The van der Waals surface area contributed by atoms with E-state index in [0.29, 0.717) is 5.56 Å². The van der Waals surface area contributed by atoms with E-state index in [-0.39, 0.29) is 5.69 Å². The second kappa shape index (κ2) is 3.83. The highest BCUT2D eigenvalue weighted by molar-refractivity contribution is 7.86. The van der Waals surface area contributed by atoms with E-state index in [0.717, 1.165) is 12.1 Å². The number of hydrogen-bond donors (Lipinski definition) is 4. The molecule has 0 aromatic heterocycles. The summed E-state index contributed by atoms with van der Waals surface area (Å²) < 4.78 is 41.7. The molecule has 0 fully saturated rings. The third-order valence-corrected chi connectivity index (χ3v) is 3.98. The molecule has 90 valence electrons. The molecule has 0 bridgehead atoms. The van der Waals surface area contributed by atoms with Crippen LogP contribution in [0.1, 0.15) is 5.56 Å². The summed E-state index contributed by atoms with van der Waals surface area (Å²) in [6.07, 6.45) is 0. The average molecular weight is 267 g/mol. The van der Waals surface area contributed by atoms with E-state index >= 15 is 0 Å². The number of hydrogen-bond acceptors (Lipinski definition) is 4. The van der Waals surface area contributed by atoms with Crippen LogP contribution >= 0.6 is 7.60 Å². The predicted molar refractivity (Wildman–Crippen MR) is 57.1 cm³/mol. The SMILES string of the molecule is Cc1cc(S(=O)(=O)O)c(P(=O)(O)O)cc1N. The van der Waals surface area contributed by atoms with Gasteiger partial charge in [-0.15, -0.1) is 0 Å². The van der Waals surface area contributed by atoms with Crippen molar-refractivity contribution in [2.75, 3.05) is 5.73 Å². The molecule has 0 amide bonds. The van der Waals surface area contributed by atoms with E-state index in [9.17, 15) is 13.0 Å². The lowest BCUT2D eigenvalue weighted by Gasteiger charge is -2.11. The maximum atomic E-state index is 11.0. The molecule has 0 radical (unpaired) electrons. The molecular formula is C7H10NO6PS. The van der Waals surface area contributed by atoms with E-state index in [1.807, 2.05) is 0 Å². The molecule has 1 aromatic carbocycles. The van der Waals surface area contributed by atoms with Crippen molar-refractivity contribution in [3.05, 3.63) is 17.7 Å². The van der Waals surface area contributed by atoms with Crippen molar-refractivity contribution in [2.24, 2.45) is 0 Å². The summed E-state index contributed by atoms with van der Waals surface area (Å²) in [6, 6.07) is 1.76. The Morgan fingerprint density at radius 3 is 2.19 bits per heavy atom. The van der Waals surface area contributed by atoms with Gasteiger partial charge in [0.15, 0.2) is 0 Å². The van der Waals surface area contributed by atoms with Crippen LogP contribution in [-0.4, -0.2) is 22.8 Å². The Hall–Kier alpha value is -0.920. The van der Waals surface area contributed by atoms with Crippen LogP contribution in [0.4, 0.5) is 5.69 Å². The molecule has 9 heteroatoms. The van der Waals surface area contributed by atoms with Gasteiger partial charge in [-0.3, -0.25) is 9.12 Å². The molecule has 0 saturated carbocycles. The van der Waals surface area contributed by atoms with Crippen LogP contribution in [0.3, 0.4) is 0 Å². The molecule has 1 rings (SSSR count). The van der Waals surface area contributed by atoms with Crippen LogP contribution in [0.25, 0.3) is 0 Å². The van der Waals surface area contributed by atoms with Crippen molar-refractivity contribution < 1.29 is 27.3 Å². The highest BCUT2D eigenvalue weighted by atomic mass is 32.2. The maximum absolute atomic E-state index is 11.0. The monoisotopic (exact) mass is 267 g/mol. The van der Waals surface area contributed by atoms with Crippen molar-refractivity contribution >= 4 is 28.7 Å². The number of benzene rings is 1. The molecule has 0 unspecified atom stereocenters. The van der Waals surface area contributed by atoms with Gasteiger partial charge in [-0.05, 0) is 24.6 Å². The standard InChI is InChI=1S/C7H10NO6PS/c1-4-2-7(16(12,13)14)6(3-5(4)8)15(9,10)11/h2-3H,8H2,1H3,(H2,9,10,11)(H,12,13,14). The minimum absolute atomic E-state index is 0.0331. The third-order valence-electron chi connectivity index (χ3n) is 1.94. The highest BCUT2D eigenvalue weighted by Gasteiger charge is 2.28. The molecule has 7 nitrogen and oxygen atoms in total. The lowest BCUT2D eigenvalue weighted by Crippen LogP contribution is -2.17. The fourth-order valence-electron chi connectivity index (χ4n) is 1.12. The molecule has 0 saturated heterocycles. The minimum atomic E-state index is -4.82. The Labute approximate surface area is 91.8 Å². The van der Waals surface area contributed by atoms with Gasteiger partial charge in [-0.1, -0.05) is 0 Å². The van der Waals surface area contributed by atoms with Gasteiger partial charge in [0.05, 0.1) is 5.30 Å². The van der Waals surface area contributed by atoms with E-state index in [1.54, 1.807) is 0 Å². The number of nitrogens with two attached hydrogens (primary N) is 1. The van der Waals surface area contributed by atoms with Gasteiger partial charge in [0.25, 0.3) is 10.1 Å². The first kappa shape index (κ1) is 13.1. The number of anilines is 1. The van der Waals surface area contributed by atoms with Crippen molar-refractivity contribution in [2.45, 2.75) is 11.8 Å². The van der Waals surface area contributed by atoms with Crippen LogP contribution in [0.2, 0.25) is 0 Å². The van der Waals surface area contributed by atoms with Crippen molar-refractivity contribution in [1.82, 2.24) is 0 Å². The van der Waals surface area contributed by atoms with Crippen LogP contribution in [-0.2, 0) is 14.7 Å². The first-order chi connectivity index (χ1) is 7.03. The van der Waals surface area contributed by atoms with Crippen molar-refractivity contribution in [3.8, 4) is 0 Å². The number of rotatable bonds is 2. The van der Waals surface area contributed by atoms with Crippen molar-refractivity contribution in [1.29, 1.82) is 0 Å². The summed E-state index contributed by atoms with van der Waals surface area (Å²) in [5.74, 6) is 0. The molecule has 0 heterocycles. The summed E-state index contributed by atoms with van der Waals surface area (Å²) in [5.41, 5.74) is 5.74. The minimum Gasteiger partial charge on any atom is -0.398 e. The van der Waals surface area contributed by atoms with Gasteiger partial charge in [-0.2, -0.15) is 8.42 Å². The predicted octanol–water partition coefficient (Wildman–Crippen LogP) is -0.373. The summed E-state index contributed by atoms with van der Waals surface area (Å²) in [6.45, 7) is 1.45. The topological polar surface area (TPSA) is 138 Å². The van der Waals surface area contributed by atoms with Crippen molar-refractivity contribution in [3.63, 3.8) is 0 Å². The molecule has 5 N–H and O–H groups in total. The quantitative estimate of drug-likeness (QED) is 0.325. The smallest absolute Gasteiger partial charge is 0.357 e. The summed E-state index contributed by atoms with van der Waals surface area (Å²) in [4.78, 5) is 17.0. The van der Waals surface area contributed by atoms with Crippen LogP contribution in [0.5, 0.6) is 0 Å². The van der Waals surface area contributed by atoms with Crippen LogP contribution in [0.15, 0.2) is 17.0 Å². The van der Waals surface area contributed by atoms with Gasteiger partial charge >= 0.3 is 7.60 Å². The zero-order valence-corrected chi connectivity index (χ0v) is 9.86. The molecule has 0 aliphatic carbocycles. The van der Waals surface area contributed by atoms with Gasteiger partial charge in [0.1, 0.15) is 4.90 Å². The number of aryl methyl sites for hydroxylation is 1. The van der Waals surface area contributed by atoms with E-state index in [2.05, 4.69) is 0 Å². The first-order valence-electron chi connectivity index (χ1n) is 3.97. The van der Waals surface area contributed by atoms with Crippen LogP contribution < -0.4 is 11.0 Å². The fourth-order valence-corrected chi connectivity index (χ4v) is 3.13. The summed E-state index contributed by atoms with van der Waals surface area (Å²) in [5, 5.41) is -0.807. The molecule has 0 atom stereocenters. The lowest BCUT2D eigenvalue weighted by molar-refractivity contribution is 0.386. The summed E-state index contributed by atoms with van der Waals surface area (Å²) in [7, 11) is -9.52. The van der Waals surface area contributed by atoms with Gasteiger partial charge in [-0.25, -0.2) is 0 Å². The van der Waals surface area contributed by atoms with Gasteiger partial charge < -0.3 is 15.5 Å². The Morgan fingerprint density at radius 2 is 1.81 bits per heavy atom. The zero-order valence-electron chi connectivity index (χ0n) is 8.15. The molecule has 16 heavy (non-hydrogen) atoms. The molecule has 0 spiro atoms. The molecule has 1 aromatic rings. The normalized spacial score (nSPS) is 12.8. The molecule has 0 aliphatic heterocycles.